The molecule has 0 radical (unpaired) electrons. The van der Waals surface area contributed by atoms with E-state index in [2.05, 4.69) is 4.90 Å². The molecular formula is C26H22F2N4O. The van der Waals surface area contributed by atoms with E-state index in [-0.39, 0.29) is 17.5 Å². The van der Waals surface area contributed by atoms with Gasteiger partial charge in [-0.2, -0.15) is 0 Å². The Kier molecular flexibility index (Phi) is 5.56. The van der Waals surface area contributed by atoms with Crippen LogP contribution in [0.4, 0.5) is 8.78 Å². The molecule has 3 aromatic carbocycles. The van der Waals surface area contributed by atoms with Crippen molar-refractivity contribution in [2.24, 2.45) is 0 Å². The Morgan fingerprint density at radius 2 is 1.24 bits per heavy atom. The van der Waals surface area contributed by atoms with E-state index < -0.39 is 0 Å². The summed E-state index contributed by atoms with van der Waals surface area (Å²) in [5, 5.41) is 0. The van der Waals surface area contributed by atoms with E-state index in [9.17, 15) is 13.6 Å². The first-order valence-electron chi connectivity index (χ1n) is 10.8. The second kappa shape index (κ2) is 8.67. The number of benzene rings is 3. The fourth-order valence-electron chi connectivity index (χ4n) is 4.00. The van der Waals surface area contributed by atoms with Crippen molar-refractivity contribution in [2.75, 3.05) is 33.2 Å². The maximum absolute atomic E-state index is 13.5. The molecule has 0 spiro atoms. The highest BCUT2D eigenvalue weighted by molar-refractivity contribution is 5.98. The number of rotatable bonds is 3. The number of carbonyl (C=O) groups is 1. The van der Waals surface area contributed by atoms with Crippen molar-refractivity contribution in [3.63, 3.8) is 0 Å². The number of carbonyl (C=O) groups excluding carboxylic acids is 1. The molecule has 0 unspecified atom stereocenters. The van der Waals surface area contributed by atoms with Gasteiger partial charge in [-0.25, -0.2) is 18.7 Å². The van der Waals surface area contributed by atoms with Crippen LogP contribution in [-0.4, -0.2) is 58.9 Å². The molecule has 0 aliphatic carbocycles. The van der Waals surface area contributed by atoms with Crippen LogP contribution in [0.15, 0.2) is 66.7 Å². The van der Waals surface area contributed by atoms with Crippen molar-refractivity contribution < 1.29 is 13.6 Å². The van der Waals surface area contributed by atoms with Gasteiger partial charge in [0.05, 0.1) is 22.4 Å². The van der Waals surface area contributed by atoms with Gasteiger partial charge in [-0.3, -0.25) is 4.79 Å². The number of piperazine rings is 1. The van der Waals surface area contributed by atoms with Crippen molar-refractivity contribution in [3.8, 4) is 22.5 Å². The van der Waals surface area contributed by atoms with Gasteiger partial charge in [0.25, 0.3) is 5.91 Å². The summed E-state index contributed by atoms with van der Waals surface area (Å²) in [6.45, 7) is 3.05. The van der Waals surface area contributed by atoms with Crippen LogP contribution in [0.25, 0.3) is 33.5 Å². The standard InChI is InChI=1S/C26H22F2N4O/c1-31-12-14-32(15-13-31)26(33)19-6-11-22-23(16-19)30-25(18-4-9-21(28)10-5-18)24(29-22)17-2-7-20(27)8-3-17/h2-11,16H,12-15H2,1H3. The lowest BCUT2D eigenvalue weighted by Crippen LogP contribution is -2.47. The van der Waals surface area contributed by atoms with Crippen LogP contribution < -0.4 is 0 Å². The van der Waals surface area contributed by atoms with Gasteiger partial charge in [0, 0.05) is 42.9 Å². The lowest BCUT2D eigenvalue weighted by atomic mass is 10.0. The number of halogens is 2. The Hall–Kier alpha value is -3.71. The van der Waals surface area contributed by atoms with Crippen LogP contribution in [0, 0.1) is 11.6 Å². The number of nitrogens with zero attached hydrogens (tertiary/aromatic N) is 4. The van der Waals surface area contributed by atoms with Gasteiger partial charge in [0.1, 0.15) is 11.6 Å². The molecule has 2 heterocycles. The van der Waals surface area contributed by atoms with E-state index in [4.69, 9.17) is 9.97 Å². The summed E-state index contributed by atoms with van der Waals surface area (Å²) in [6, 6.07) is 17.3. The highest BCUT2D eigenvalue weighted by Gasteiger charge is 2.21. The van der Waals surface area contributed by atoms with Crippen molar-refractivity contribution >= 4 is 16.9 Å². The Morgan fingerprint density at radius 3 is 1.79 bits per heavy atom. The van der Waals surface area contributed by atoms with E-state index in [1.165, 1.54) is 24.3 Å². The highest BCUT2D eigenvalue weighted by Crippen LogP contribution is 2.31. The summed E-state index contributed by atoms with van der Waals surface area (Å²) in [6.07, 6.45) is 0. The zero-order valence-corrected chi connectivity index (χ0v) is 18.1. The van der Waals surface area contributed by atoms with E-state index in [0.29, 0.717) is 52.2 Å². The van der Waals surface area contributed by atoms with Gasteiger partial charge in [-0.15, -0.1) is 0 Å². The Labute approximate surface area is 190 Å². The molecule has 5 rings (SSSR count). The summed E-state index contributed by atoms with van der Waals surface area (Å²) < 4.78 is 27.0. The van der Waals surface area contributed by atoms with Crippen molar-refractivity contribution in [1.29, 1.82) is 0 Å². The average molecular weight is 444 g/mol. The van der Waals surface area contributed by atoms with Crippen LogP contribution in [0.5, 0.6) is 0 Å². The first-order valence-corrected chi connectivity index (χ1v) is 10.8. The summed E-state index contributed by atoms with van der Waals surface area (Å²) >= 11 is 0. The molecule has 1 saturated heterocycles. The number of aromatic nitrogens is 2. The topological polar surface area (TPSA) is 49.3 Å². The maximum atomic E-state index is 13.5. The number of hydrogen-bond acceptors (Lipinski definition) is 4. The third-order valence-electron chi connectivity index (χ3n) is 5.94. The van der Waals surface area contributed by atoms with E-state index in [0.717, 1.165) is 13.1 Å². The summed E-state index contributed by atoms with van der Waals surface area (Å²) in [4.78, 5) is 26.7. The third-order valence-corrected chi connectivity index (χ3v) is 5.94. The first kappa shape index (κ1) is 21.2. The predicted molar refractivity (Wildman–Crippen MR) is 124 cm³/mol. The minimum atomic E-state index is -0.351. The molecule has 1 fully saturated rings. The zero-order chi connectivity index (χ0) is 22.9. The van der Waals surface area contributed by atoms with Crippen LogP contribution in [0.2, 0.25) is 0 Å². The van der Waals surface area contributed by atoms with E-state index >= 15 is 0 Å². The van der Waals surface area contributed by atoms with Crippen LogP contribution >= 0.6 is 0 Å². The van der Waals surface area contributed by atoms with Gasteiger partial charge in [-0.1, -0.05) is 0 Å². The van der Waals surface area contributed by atoms with Crippen LogP contribution in [0.1, 0.15) is 10.4 Å². The molecule has 1 amide bonds. The summed E-state index contributed by atoms with van der Waals surface area (Å²) in [5.74, 6) is -0.725. The molecule has 0 saturated carbocycles. The van der Waals surface area contributed by atoms with Crippen molar-refractivity contribution in [2.45, 2.75) is 0 Å². The Bertz CT molecular complexity index is 1310. The van der Waals surface area contributed by atoms with E-state index in [1.807, 2.05) is 11.9 Å². The fourth-order valence-corrected chi connectivity index (χ4v) is 4.00. The average Bonchev–Trinajstić information content (AvgIpc) is 2.84. The number of likely N-dealkylation sites (N-methyl/N-ethyl adjacent to an activating group) is 1. The molecule has 1 aliphatic heterocycles. The molecule has 1 aromatic heterocycles. The minimum absolute atomic E-state index is 0.0299. The molecule has 5 nitrogen and oxygen atoms in total. The molecule has 166 valence electrons. The van der Waals surface area contributed by atoms with Gasteiger partial charge >= 0.3 is 0 Å². The van der Waals surface area contributed by atoms with E-state index in [1.54, 1.807) is 42.5 Å². The summed E-state index contributed by atoms with van der Waals surface area (Å²) in [5.41, 5.74) is 4.23. The van der Waals surface area contributed by atoms with Crippen molar-refractivity contribution in [3.05, 3.63) is 83.9 Å². The number of amides is 1. The van der Waals surface area contributed by atoms with Gasteiger partial charge in [0.2, 0.25) is 0 Å². The first-order chi connectivity index (χ1) is 16.0. The largest absolute Gasteiger partial charge is 0.336 e. The second-order valence-electron chi connectivity index (χ2n) is 8.23. The number of fused-ring (bicyclic) bond motifs is 1. The van der Waals surface area contributed by atoms with Gasteiger partial charge in [-0.05, 0) is 73.8 Å². The smallest absolute Gasteiger partial charge is 0.254 e. The quantitative estimate of drug-likeness (QED) is 0.462. The van der Waals surface area contributed by atoms with Gasteiger partial charge < -0.3 is 9.80 Å². The molecule has 7 heteroatoms. The van der Waals surface area contributed by atoms with Crippen molar-refractivity contribution in [1.82, 2.24) is 19.8 Å². The normalized spacial score (nSPS) is 14.6. The molecule has 0 bridgehead atoms. The second-order valence-corrected chi connectivity index (χ2v) is 8.23. The molecule has 4 aromatic rings. The third kappa shape index (κ3) is 4.32. The molecule has 0 N–H and O–H groups in total. The van der Waals surface area contributed by atoms with Gasteiger partial charge in [0.15, 0.2) is 0 Å². The SMILES string of the molecule is CN1CCN(C(=O)c2ccc3nc(-c4ccc(F)cc4)c(-c4ccc(F)cc4)nc3c2)CC1. The number of hydrogen-bond donors (Lipinski definition) is 0. The molecule has 33 heavy (non-hydrogen) atoms. The molecule has 0 atom stereocenters. The lowest BCUT2D eigenvalue weighted by Gasteiger charge is -2.32. The molecule has 1 aliphatic rings. The van der Waals surface area contributed by atoms with Crippen LogP contribution in [-0.2, 0) is 0 Å². The lowest BCUT2D eigenvalue weighted by molar-refractivity contribution is 0.0664. The predicted octanol–water partition coefficient (Wildman–Crippen LogP) is 4.63. The fraction of sp³-hybridized carbons (Fsp3) is 0.192. The minimum Gasteiger partial charge on any atom is -0.336 e. The molecular weight excluding hydrogens is 422 g/mol. The zero-order valence-electron chi connectivity index (χ0n) is 18.1. The monoisotopic (exact) mass is 444 g/mol. The Balaban J connectivity index is 1.60. The highest BCUT2D eigenvalue weighted by atomic mass is 19.1. The van der Waals surface area contributed by atoms with Crippen LogP contribution in [0.3, 0.4) is 0 Å². The Morgan fingerprint density at radius 1 is 0.727 bits per heavy atom. The summed E-state index contributed by atoms with van der Waals surface area (Å²) in [7, 11) is 2.04. The maximum Gasteiger partial charge on any atom is 0.254 e.